The standard InChI is InChI=1S/C21H32ClN4O8P/c1-21(8-10-32-2,35(29,30)31)33-11-14-15(27)16(28)19(34-14)26-9-7-13-17(23-12-5-3-4-6-12)24-20(22)25-18(13)26/h7,9,12,14-16,19,27-28H,3-6,8,10-11H2,1-2H3,(H,23,24,25)(H2,29,30,31)/t14-,15-,16-,19-,21?/m1/s1. The van der Waals surface area contributed by atoms with Crippen molar-refractivity contribution in [3.8, 4) is 0 Å². The monoisotopic (exact) mass is 534 g/mol. The molecule has 35 heavy (non-hydrogen) atoms. The molecule has 12 nitrogen and oxygen atoms in total. The molecule has 0 aromatic carbocycles. The summed E-state index contributed by atoms with van der Waals surface area (Å²) >= 11 is 6.19. The number of halogens is 1. The lowest BCUT2D eigenvalue weighted by molar-refractivity contribution is -0.0965. The van der Waals surface area contributed by atoms with Crippen molar-refractivity contribution in [3.63, 3.8) is 0 Å². The number of nitrogens with one attached hydrogen (secondary N) is 1. The minimum absolute atomic E-state index is 0.0291. The number of hydrogen-bond acceptors (Lipinski definition) is 9. The van der Waals surface area contributed by atoms with Crippen LogP contribution in [0.1, 0.15) is 45.3 Å². The van der Waals surface area contributed by atoms with Gasteiger partial charge in [0.1, 0.15) is 29.8 Å². The number of anilines is 1. The topological polar surface area (TPSA) is 168 Å². The van der Waals surface area contributed by atoms with Gasteiger partial charge in [-0.05, 0) is 37.4 Å². The van der Waals surface area contributed by atoms with Gasteiger partial charge in [0.05, 0.1) is 12.0 Å². The molecule has 3 heterocycles. The van der Waals surface area contributed by atoms with E-state index in [2.05, 4.69) is 15.3 Å². The Balaban J connectivity index is 1.53. The summed E-state index contributed by atoms with van der Waals surface area (Å²) in [4.78, 5) is 28.2. The van der Waals surface area contributed by atoms with Gasteiger partial charge in [-0.3, -0.25) is 4.57 Å². The first-order valence-corrected chi connectivity index (χ1v) is 13.5. The van der Waals surface area contributed by atoms with Crippen molar-refractivity contribution in [2.75, 3.05) is 25.6 Å². The number of aliphatic hydroxyl groups excluding tert-OH is 2. The van der Waals surface area contributed by atoms with Crippen LogP contribution in [0.3, 0.4) is 0 Å². The number of rotatable bonds is 10. The Morgan fingerprint density at radius 3 is 2.66 bits per heavy atom. The van der Waals surface area contributed by atoms with Gasteiger partial charge < -0.3 is 44.1 Å². The van der Waals surface area contributed by atoms with Crippen LogP contribution in [0.25, 0.3) is 11.0 Å². The fourth-order valence-corrected chi connectivity index (χ4v) is 5.33. The van der Waals surface area contributed by atoms with Crippen LogP contribution < -0.4 is 5.32 Å². The highest BCUT2D eigenvalue weighted by Crippen LogP contribution is 2.53. The van der Waals surface area contributed by atoms with Crippen molar-refractivity contribution >= 4 is 36.0 Å². The molecule has 2 aromatic heterocycles. The van der Waals surface area contributed by atoms with E-state index in [1.165, 1.54) is 14.0 Å². The minimum atomic E-state index is -4.67. The molecule has 196 valence electrons. The molecule has 2 fully saturated rings. The van der Waals surface area contributed by atoms with E-state index in [9.17, 15) is 24.6 Å². The lowest BCUT2D eigenvalue weighted by Crippen LogP contribution is -2.38. The highest BCUT2D eigenvalue weighted by Gasteiger charge is 2.48. The molecule has 0 bridgehead atoms. The highest BCUT2D eigenvalue weighted by molar-refractivity contribution is 7.53. The summed E-state index contributed by atoms with van der Waals surface area (Å²) < 4.78 is 30.0. The van der Waals surface area contributed by atoms with Crippen molar-refractivity contribution in [1.29, 1.82) is 0 Å². The van der Waals surface area contributed by atoms with E-state index < -0.39 is 37.5 Å². The lowest BCUT2D eigenvalue weighted by atomic mass is 10.1. The SMILES string of the molecule is COCCC(C)(OC[C@H]1O[C@@H](n2ccc3c(NC4CCCC4)nc(Cl)nc32)[C@H](O)[C@@H]1O)P(=O)(O)O. The Kier molecular flexibility index (Phi) is 8.07. The molecule has 5 atom stereocenters. The van der Waals surface area contributed by atoms with Crippen LogP contribution in [0.15, 0.2) is 12.3 Å². The summed E-state index contributed by atoms with van der Waals surface area (Å²) in [6, 6.07) is 2.08. The molecule has 14 heteroatoms. The Bertz CT molecular complexity index is 1080. The molecule has 2 aromatic rings. The quantitative estimate of drug-likeness (QED) is 0.223. The largest absolute Gasteiger partial charge is 0.387 e. The Morgan fingerprint density at radius 1 is 1.29 bits per heavy atom. The Labute approximate surface area is 207 Å². The van der Waals surface area contributed by atoms with E-state index in [4.69, 9.17) is 25.8 Å². The van der Waals surface area contributed by atoms with Crippen LogP contribution in [0.5, 0.6) is 0 Å². The molecule has 4 rings (SSSR count). The summed E-state index contributed by atoms with van der Waals surface area (Å²) in [5.74, 6) is 0.592. The summed E-state index contributed by atoms with van der Waals surface area (Å²) in [5, 5.41) is 23.7. The van der Waals surface area contributed by atoms with Crippen molar-refractivity contribution in [1.82, 2.24) is 14.5 Å². The van der Waals surface area contributed by atoms with Gasteiger partial charge in [0.15, 0.2) is 11.6 Å². The fourth-order valence-electron chi connectivity index (χ4n) is 4.54. The van der Waals surface area contributed by atoms with Crippen LogP contribution in [0, 0.1) is 0 Å². The second-order valence-electron chi connectivity index (χ2n) is 9.25. The molecule has 0 radical (unpaired) electrons. The smallest absolute Gasteiger partial charge is 0.356 e. The number of methoxy groups -OCH3 is 1. The van der Waals surface area contributed by atoms with Crippen LogP contribution >= 0.6 is 19.2 Å². The van der Waals surface area contributed by atoms with Gasteiger partial charge >= 0.3 is 7.60 Å². The van der Waals surface area contributed by atoms with Gasteiger partial charge in [0, 0.05) is 32.4 Å². The first-order valence-electron chi connectivity index (χ1n) is 11.5. The fraction of sp³-hybridized carbons (Fsp3) is 0.714. The Hall–Kier alpha value is -1.34. The third-order valence-electron chi connectivity index (χ3n) is 6.80. The summed E-state index contributed by atoms with van der Waals surface area (Å²) in [5.41, 5.74) is 0.420. The normalized spacial score (nSPS) is 27.5. The van der Waals surface area contributed by atoms with Crippen molar-refractivity contribution in [2.45, 2.75) is 75.0 Å². The first-order chi connectivity index (χ1) is 16.5. The van der Waals surface area contributed by atoms with E-state index in [-0.39, 0.29) is 24.9 Å². The van der Waals surface area contributed by atoms with Gasteiger partial charge in [-0.1, -0.05) is 12.8 Å². The zero-order chi connectivity index (χ0) is 25.4. The highest BCUT2D eigenvalue weighted by atomic mass is 35.5. The lowest BCUT2D eigenvalue weighted by Gasteiger charge is -2.31. The zero-order valence-corrected chi connectivity index (χ0v) is 21.2. The van der Waals surface area contributed by atoms with Crippen LogP contribution in [0.2, 0.25) is 5.28 Å². The molecule has 1 unspecified atom stereocenters. The van der Waals surface area contributed by atoms with Crippen LogP contribution in [-0.4, -0.2) is 84.6 Å². The molecule has 1 saturated carbocycles. The maximum Gasteiger partial charge on any atom is 0.356 e. The molecule has 2 aliphatic rings. The van der Waals surface area contributed by atoms with Gasteiger partial charge in [0.25, 0.3) is 0 Å². The molecule has 1 saturated heterocycles. The van der Waals surface area contributed by atoms with Crippen molar-refractivity contribution < 1.29 is 38.8 Å². The summed E-state index contributed by atoms with van der Waals surface area (Å²) in [6.07, 6.45) is 1.19. The maximum absolute atomic E-state index is 12.0. The summed E-state index contributed by atoms with van der Waals surface area (Å²) in [7, 11) is -3.26. The van der Waals surface area contributed by atoms with E-state index in [0.717, 1.165) is 25.7 Å². The minimum Gasteiger partial charge on any atom is -0.387 e. The molecule has 0 spiro atoms. The average Bonchev–Trinajstić information content (AvgIpc) is 3.51. The number of ether oxygens (including phenoxy) is 3. The van der Waals surface area contributed by atoms with Gasteiger partial charge in [-0.2, -0.15) is 4.98 Å². The molecule has 5 N–H and O–H groups in total. The molecule has 0 amide bonds. The third-order valence-corrected chi connectivity index (χ3v) is 8.55. The molecule has 1 aliphatic heterocycles. The van der Waals surface area contributed by atoms with E-state index >= 15 is 0 Å². The van der Waals surface area contributed by atoms with Crippen molar-refractivity contribution in [3.05, 3.63) is 17.5 Å². The van der Waals surface area contributed by atoms with E-state index in [1.807, 2.05) is 0 Å². The van der Waals surface area contributed by atoms with E-state index in [0.29, 0.717) is 22.9 Å². The molecule has 1 aliphatic carbocycles. The molecular formula is C21H32ClN4O8P. The van der Waals surface area contributed by atoms with Crippen LogP contribution in [-0.2, 0) is 18.8 Å². The van der Waals surface area contributed by atoms with E-state index in [1.54, 1.807) is 16.8 Å². The number of aliphatic hydroxyl groups is 2. The number of nitrogens with zero attached hydrogens (tertiary/aromatic N) is 3. The Morgan fingerprint density at radius 2 is 2.00 bits per heavy atom. The van der Waals surface area contributed by atoms with Crippen LogP contribution in [0.4, 0.5) is 5.82 Å². The van der Waals surface area contributed by atoms with Gasteiger partial charge in [-0.15, -0.1) is 0 Å². The van der Waals surface area contributed by atoms with Gasteiger partial charge in [0.2, 0.25) is 5.28 Å². The summed E-state index contributed by atoms with van der Waals surface area (Å²) in [6.45, 7) is 0.983. The maximum atomic E-state index is 12.0. The number of hydrogen-bond donors (Lipinski definition) is 5. The predicted octanol–water partition coefficient (Wildman–Crippen LogP) is 2.01. The zero-order valence-electron chi connectivity index (χ0n) is 19.6. The second kappa shape index (κ2) is 10.6. The van der Waals surface area contributed by atoms with Crippen molar-refractivity contribution in [2.24, 2.45) is 0 Å². The van der Waals surface area contributed by atoms with Gasteiger partial charge in [-0.25, -0.2) is 4.98 Å². The second-order valence-corrected chi connectivity index (χ2v) is 11.6. The first kappa shape index (κ1) is 26.7. The average molecular weight is 535 g/mol. The predicted molar refractivity (Wildman–Crippen MR) is 127 cm³/mol. The third kappa shape index (κ3) is 5.51. The number of aromatic nitrogens is 3. The molecular weight excluding hydrogens is 503 g/mol. The number of fused-ring (bicyclic) bond motifs is 1.